The maximum absolute atomic E-state index is 13.0. The molecule has 0 fully saturated rings. The molecular weight excluding hydrogens is 1160 g/mol. The minimum Gasteiger partial charge on any atom is -0.462 e. The van der Waals surface area contributed by atoms with Crippen LogP contribution in [0.25, 0.3) is 0 Å². The van der Waals surface area contributed by atoms with Gasteiger partial charge in [0.25, 0.3) is 0 Å². The quantitative estimate of drug-likeness (QED) is 0.0222. The molecule has 0 aromatic rings. The van der Waals surface area contributed by atoms with E-state index in [-0.39, 0.29) is 25.7 Å². The van der Waals surface area contributed by atoms with Crippen molar-refractivity contribution in [2.75, 3.05) is 39.6 Å². The van der Waals surface area contributed by atoms with Crippen molar-refractivity contribution >= 4 is 39.5 Å². The summed E-state index contributed by atoms with van der Waals surface area (Å²) in [5.74, 6) is 0.814. The van der Waals surface area contributed by atoms with E-state index in [2.05, 4.69) is 55.4 Å². The van der Waals surface area contributed by atoms with Crippen molar-refractivity contribution < 1.29 is 80.2 Å². The molecule has 0 bridgehead atoms. The van der Waals surface area contributed by atoms with Gasteiger partial charge in [0, 0.05) is 25.7 Å². The van der Waals surface area contributed by atoms with E-state index in [1.807, 2.05) is 0 Å². The first-order valence-corrected chi connectivity index (χ1v) is 38.8. The van der Waals surface area contributed by atoms with Gasteiger partial charge in [0.1, 0.15) is 19.3 Å². The molecule has 0 aliphatic rings. The Morgan fingerprint density at radius 1 is 0.318 bits per heavy atom. The molecule has 88 heavy (non-hydrogen) atoms. The Kier molecular flexibility index (Phi) is 57.6. The first-order chi connectivity index (χ1) is 42.2. The van der Waals surface area contributed by atoms with Gasteiger partial charge in [-0.05, 0) is 49.4 Å². The predicted octanol–water partition coefficient (Wildman–Crippen LogP) is 19.3. The summed E-state index contributed by atoms with van der Waals surface area (Å²) < 4.78 is 68.2. The highest BCUT2D eigenvalue weighted by Gasteiger charge is 2.30. The Bertz CT molecular complexity index is 1750. The van der Waals surface area contributed by atoms with Crippen LogP contribution in [0.5, 0.6) is 0 Å². The smallest absolute Gasteiger partial charge is 0.462 e. The van der Waals surface area contributed by atoms with E-state index in [0.717, 1.165) is 114 Å². The summed E-state index contributed by atoms with van der Waals surface area (Å²) in [6.07, 6.45) is 40.6. The average molecular weight is 1300 g/mol. The first-order valence-electron chi connectivity index (χ1n) is 35.8. The van der Waals surface area contributed by atoms with Crippen molar-refractivity contribution in [3.8, 4) is 0 Å². The summed E-state index contributed by atoms with van der Waals surface area (Å²) in [6.45, 7) is 14.0. The number of aliphatic hydroxyl groups excluding tert-OH is 1. The van der Waals surface area contributed by atoms with Gasteiger partial charge < -0.3 is 33.8 Å². The molecule has 522 valence electrons. The molecule has 0 saturated carbocycles. The van der Waals surface area contributed by atoms with Crippen molar-refractivity contribution in [3.63, 3.8) is 0 Å². The number of esters is 4. The third-order valence-corrected chi connectivity index (χ3v) is 18.4. The molecule has 0 aromatic carbocycles. The zero-order valence-corrected chi connectivity index (χ0v) is 59.1. The molecule has 7 atom stereocenters. The monoisotopic (exact) mass is 1300 g/mol. The van der Waals surface area contributed by atoms with Gasteiger partial charge in [-0.3, -0.25) is 37.3 Å². The normalized spacial score (nSPS) is 14.9. The number of carbonyl (C=O) groups excluding carboxylic acids is 4. The third kappa shape index (κ3) is 60.3. The van der Waals surface area contributed by atoms with E-state index in [1.165, 1.54) is 135 Å². The molecule has 0 heterocycles. The van der Waals surface area contributed by atoms with E-state index in [1.54, 1.807) is 0 Å². The topological polar surface area (TPSA) is 237 Å². The lowest BCUT2D eigenvalue weighted by Gasteiger charge is -2.21. The van der Waals surface area contributed by atoms with Gasteiger partial charge in [-0.1, -0.05) is 287 Å². The summed E-state index contributed by atoms with van der Waals surface area (Å²) in [5, 5.41) is 10.6. The lowest BCUT2D eigenvalue weighted by Crippen LogP contribution is -2.30. The number of hydrogen-bond donors (Lipinski definition) is 3. The number of aliphatic hydroxyl groups is 1. The van der Waals surface area contributed by atoms with Crippen LogP contribution in [0.15, 0.2) is 0 Å². The second kappa shape index (κ2) is 58.8. The highest BCUT2D eigenvalue weighted by molar-refractivity contribution is 7.47. The van der Waals surface area contributed by atoms with Gasteiger partial charge in [0.15, 0.2) is 12.2 Å². The third-order valence-electron chi connectivity index (χ3n) is 16.5. The van der Waals surface area contributed by atoms with Crippen LogP contribution in [0.4, 0.5) is 0 Å². The Labute approximate surface area is 537 Å². The standard InChI is InChI=1S/C69H134O17P2/c1-9-61(7)47-39-31-25-27-35-43-51-68(73)85-64(55-79-66(71)49-41-33-23-19-17-15-13-11-12-14-16-18-21-29-37-45-59(3)4)57-83-87(75,76)81-53-63(70)54-82-88(77,78)84-58-65(86-69(74)52-44-36-28-26-32-40-48-62(8)10-2)56-80-67(72)50-42-34-24-20-22-30-38-46-60(5)6/h59-65,70H,9-58H2,1-8H3,(H,75,76)(H,77,78)/t61?,62?,63?,64-,65-/m1/s1. The number of rotatable bonds is 66. The van der Waals surface area contributed by atoms with E-state index in [0.29, 0.717) is 31.6 Å². The minimum atomic E-state index is -4.95. The summed E-state index contributed by atoms with van der Waals surface area (Å²) >= 11 is 0. The zero-order chi connectivity index (χ0) is 65.4. The maximum atomic E-state index is 13.0. The Morgan fingerprint density at radius 2 is 0.545 bits per heavy atom. The van der Waals surface area contributed by atoms with Crippen LogP contribution in [0.1, 0.15) is 338 Å². The summed E-state index contributed by atoms with van der Waals surface area (Å²) in [4.78, 5) is 72.4. The molecule has 0 aromatic heterocycles. The highest BCUT2D eigenvalue weighted by Crippen LogP contribution is 2.45. The number of phosphoric acid groups is 2. The zero-order valence-electron chi connectivity index (χ0n) is 57.3. The molecule has 0 saturated heterocycles. The largest absolute Gasteiger partial charge is 0.472 e. The molecule has 0 aliphatic heterocycles. The molecule has 3 N–H and O–H groups in total. The van der Waals surface area contributed by atoms with E-state index in [4.69, 9.17) is 37.0 Å². The SMILES string of the molecule is CCC(C)CCCCCCCCC(=O)O[C@H](COC(=O)CCCCCCCCCCCCCCCCCC(C)C)COP(=O)(O)OCC(O)COP(=O)(O)OC[C@@H](COC(=O)CCCCCCCCCC(C)C)OC(=O)CCCCCCCCC(C)CC. The van der Waals surface area contributed by atoms with E-state index < -0.39 is 97.5 Å². The van der Waals surface area contributed by atoms with Crippen LogP contribution in [-0.4, -0.2) is 96.7 Å². The van der Waals surface area contributed by atoms with Crippen molar-refractivity contribution in [2.24, 2.45) is 23.7 Å². The van der Waals surface area contributed by atoms with Gasteiger partial charge in [0.2, 0.25) is 0 Å². The van der Waals surface area contributed by atoms with Gasteiger partial charge in [-0.2, -0.15) is 0 Å². The summed E-state index contributed by atoms with van der Waals surface area (Å²) in [7, 11) is -9.90. The number of ether oxygens (including phenoxy) is 4. The average Bonchev–Trinajstić information content (AvgIpc) is 3.53. The van der Waals surface area contributed by atoms with Crippen LogP contribution < -0.4 is 0 Å². The van der Waals surface area contributed by atoms with Crippen LogP contribution in [0.2, 0.25) is 0 Å². The second-order valence-corrected chi connectivity index (χ2v) is 29.3. The fraction of sp³-hybridized carbons (Fsp3) is 0.942. The molecule has 0 radical (unpaired) electrons. The number of unbranched alkanes of at least 4 members (excludes halogenated alkanes) is 30. The van der Waals surface area contributed by atoms with Crippen molar-refractivity contribution in [3.05, 3.63) is 0 Å². The molecule has 17 nitrogen and oxygen atoms in total. The maximum Gasteiger partial charge on any atom is 0.472 e. The molecule has 0 rings (SSSR count). The van der Waals surface area contributed by atoms with E-state index in [9.17, 15) is 43.2 Å². The van der Waals surface area contributed by atoms with Crippen LogP contribution in [-0.2, 0) is 65.4 Å². The minimum absolute atomic E-state index is 0.102. The number of phosphoric ester groups is 2. The molecule has 0 aliphatic carbocycles. The summed E-state index contributed by atoms with van der Waals surface area (Å²) in [6, 6.07) is 0. The Balaban J connectivity index is 5.19. The van der Waals surface area contributed by atoms with Crippen LogP contribution in [0, 0.1) is 23.7 Å². The van der Waals surface area contributed by atoms with E-state index >= 15 is 0 Å². The fourth-order valence-electron chi connectivity index (χ4n) is 10.2. The van der Waals surface area contributed by atoms with Crippen molar-refractivity contribution in [1.29, 1.82) is 0 Å². The molecule has 0 spiro atoms. The van der Waals surface area contributed by atoms with Gasteiger partial charge in [-0.25, -0.2) is 9.13 Å². The molecule has 19 heteroatoms. The number of hydrogen-bond acceptors (Lipinski definition) is 15. The molecular formula is C69H134O17P2. The lowest BCUT2D eigenvalue weighted by molar-refractivity contribution is -0.161. The molecule has 0 amide bonds. The first kappa shape index (κ1) is 86.1. The Hall–Kier alpha value is -1.94. The highest BCUT2D eigenvalue weighted by atomic mass is 31.2. The van der Waals surface area contributed by atoms with Gasteiger partial charge >= 0.3 is 39.5 Å². The van der Waals surface area contributed by atoms with Crippen LogP contribution >= 0.6 is 15.6 Å². The van der Waals surface area contributed by atoms with Crippen molar-refractivity contribution in [1.82, 2.24) is 0 Å². The number of carbonyl (C=O) groups is 4. The molecule has 5 unspecified atom stereocenters. The van der Waals surface area contributed by atoms with Crippen LogP contribution in [0.3, 0.4) is 0 Å². The van der Waals surface area contributed by atoms with Gasteiger partial charge in [0.05, 0.1) is 26.4 Å². The predicted molar refractivity (Wildman–Crippen MR) is 354 cm³/mol. The lowest BCUT2D eigenvalue weighted by atomic mass is 10.00. The second-order valence-electron chi connectivity index (χ2n) is 26.4. The van der Waals surface area contributed by atoms with Gasteiger partial charge in [-0.15, -0.1) is 0 Å². The fourth-order valence-corrected chi connectivity index (χ4v) is 11.8. The summed E-state index contributed by atoms with van der Waals surface area (Å²) in [5.41, 5.74) is 0. The Morgan fingerprint density at radius 3 is 0.807 bits per heavy atom. The van der Waals surface area contributed by atoms with Crippen molar-refractivity contribution in [2.45, 2.75) is 356 Å².